The predicted molar refractivity (Wildman–Crippen MR) is 69.7 cm³/mol. The minimum atomic E-state index is 0.614. The van der Waals surface area contributed by atoms with E-state index in [4.69, 9.17) is 0 Å². The van der Waals surface area contributed by atoms with Crippen molar-refractivity contribution in [2.45, 2.75) is 51.1 Å². The second kappa shape index (κ2) is 5.32. The molecule has 0 amide bonds. The van der Waals surface area contributed by atoms with Crippen LogP contribution < -0.4 is 5.32 Å². The van der Waals surface area contributed by atoms with E-state index in [0.29, 0.717) is 12.0 Å². The van der Waals surface area contributed by atoms with Crippen LogP contribution in [0.4, 0.5) is 0 Å². The highest BCUT2D eigenvalue weighted by Gasteiger charge is 2.31. The molecule has 90 valence electrons. The van der Waals surface area contributed by atoms with Crippen LogP contribution in [0.5, 0.6) is 0 Å². The van der Waals surface area contributed by atoms with Crippen LogP contribution in [0.3, 0.4) is 0 Å². The van der Waals surface area contributed by atoms with Gasteiger partial charge in [-0.05, 0) is 42.2 Å². The van der Waals surface area contributed by atoms with Crippen LogP contribution in [0.1, 0.15) is 44.2 Å². The molecule has 1 aromatic rings. The lowest BCUT2D eigenvalue weighted by Gasteiger charge is -2.20. The SMILES string of the molecule is CCCn1ncc(Br)c1C1CCCC1NC. The van der Waals surface area contributed by atoms with Gasteiger partial charge in [-0.15, -0.1) is 0 Å². The Kier molecular flexibility index (Phi) is 4.03. The van der Waals surface area contributed by atoms with Crippen molar-refractivity contribution >= 4 is 15.9 Å². The zero-order valence-electron chi connectivity index (χ0n) is 10.0. The van der Waals surface area contributed by atoms with Crippen molar-refractivity contribution in [1.29, 1.82) is 0 Å². The molecule has 2 rings (SSSR count). The molecule has 3 nitrogen and oxygen atoms in total. The molecule has 4 heteroatoms. The second-order valence-corrected chi connectivity index (χ2v) is 5.39. The average Bonchev–Trinajstić information content (AvgIpc) is 2.85. The summed E-state index contributed by atoms with van der Waals surface area (Å²) in [6.45, 7) is 3.22. The van der Waals surface area contributed by atoms with Crippen molar-refractivity contribution in [3.8, 4) is 0 Å². The maximum atomic E-state index is 4.46. The summed E-state index contributed by atoms with van der Waals surface area (Å²) >= 11 is 3.64. The topological polar surface area (TPSA) is 29.9 Å². The first-order valence-electron chi connectivity index (χ1n) is 6.16. The van der Waals surface area contributed by atoms with E-state index in [-0.39, 0.29) is 0 Å². The molecule has 0 aromatic carbocycles. The number of halogens is 1. The Balaban J connectivity index is 2.27. The Bertz CT molecular complexity index is 348. The van der Waals surface area contributed by atoms with Gasteiger partial charge in [-0.3, -0.25) is 4.68 Å². The molecule has 0 radical (unpaired) electrons. The van der Waals surface area contributed by atoms with E-state index in [0.717, 1.165) is 13.0 Å². The summed E-state index contributed by atoms with van der Waals surface area (Å²) in [6.07, 6.45) is 6.96. The summed E-state index contributed by atoms with van der Waals surface area (Å²) in [6, 6.07) is 0.614. The molecule has 1 aliphatic carbocycles. The fraction of sp³-hybridized carbons (Fsp3) is 0.750. The highest BCUT2D eigenvalue weighted by molar-refractivity contribution is 9.10. The van der Waals surface area contributed by atoms with Crippen LogP contribution in [0, 0.1) is 0 Å². The third kappa shape index (κ3) is 2.18. The van der Waals surface area contributed by atoms with Crippen molar-refractivity contribution in [1.82, 2.24) is 15.1 Å². The maximum absolute atomic E-state index is 4.46. The second-order valence-electron chi connectivity index (χ2n) is 4.53. The number of rotatable bonds is 4. The Hall–Kier alpha value is -0.350. The van der Waals surface area contributed by atoms with E-state index in [1.807, 2.05) is 6.20 Å². The summed E-state index contributed by atoms with van der Waals surface area (Å²) in [5.41, 5.74) is 1.39. The first-order chi connectivity index (χ1) is 7.77. The Morgan fingerprint density at radius 1 is 1.56 bits per heavy atom. The molecule has 2 atom stereocenters. The molecule has 2 unspecified atom stereocenters. The molecule has 1 aromatic heterocycles. The molecule has 16 heavy (non-hydrogen) atoms. The number of nitrogens with one attached hydrogen (secondary N) is 1. The van der Waals surface area contributed by atoms with Crippen LogP contribution in [0.2, 0.25) is 0 Å². The number of hydrogen-bond acceptors (Lipinski definition) is 2. The van der Waals surface area contributed by atoms with E-state index in [9.17, 15) is 0 Å². The van der Waals surface area contributed by atoms with Gasteiger partial charge in [0.15, 0.2) is 0 Å². The molecule has 0 saturated heterocycles. The van der Waals surface area contributed by atoms with E-state index >= 15 is 0 Å². The summed E-state index contributed by atoms with van der Waals surface area (Å²) in [7, 11) is 2.07. The zero-order chi connectivity index (χ0) is 11.5. The summed E-state index contributed by atoms with van der Waals surface area (Å²) in [5.74, 6) is 0.619. The van der Waals surface area contributed by atoms with Gasteiger partial charge in [0.05, 0.1) is 16.4 Å². The van der Waals surface area contributed by atoms with Gasteiger partial charge >= 0.3 is 0 Å². The summed E-state index contributed by atoms with van der Waals surface area (Å²) < 4.78 is 3.35. The van der Waals surface area contributed by atoms with Crippen molar-refractivity contribution in [2.75, 3.05) is 7.05 Å². The van der Waals surface area contributed by atoms with Crippen LogP contribution >= 0.6 is 15.9 Å². The standard InChI is InChI=1S/C12H20BrN3/c1-3-7-16-12(10(13)8-15-16)9-5-4-6-11(9)14-2/h8-9,11,14H,3-7H2,1-2H3. The molecule has 1 fully saturated rings. The minimum Gasteiger partial charge on any atom is -0.316 e. The monoisotopic (exact) mass is 285 g/mol. The van der Waals surface area contributed by atoms with Gasteiger partial charge in [0.1, 0.15) is 0 Å². The Morgan fingerprint density at radius 3 is 3.06 bits per heavy atom. The lowest BCUT2D eigenvalue weighted by molar-refractivity contribution is 0.471. The van der Waals surface area contributed by atoms with Crippen LogP contribution in [-0.4, -0.2) is 22.9 Å². The molecule has 1 saturated carbocycles. The van der Waals surface area contributed by atoms with Gasteiger partial charge in [0.25, 0.3) is 0 Å². The highest BCUT2D eigenvalue weighted by atomic mass is 79.9. The van der Waals surface area contributed by atoms with Gasteiger partial charge in [-0.25, -0.2) is 0 Å². The molecule has 1 aliphatic rings. The third-order valence-corrected chi connectivity index (χ3v) is 4.12. The number of aryl methyl sites for hydroxylation is 1. The first-order valence-corrected chi connectivity index (χ1v) is 6.95. The zero-order valence-corrected chi connectivity index (χ0v) is 11.6. The number of nitrogens with zero attached hydrogens (tertiary/aromatic N) is 2. The fourth-order valence-corrected chi connectivity index (χ4v) is 3.35. The van der Waals surface area contributed by atoms with Crippen LogP contribution in [0.25, 0.3) is 0 Å². The average molecular weight is 286 g/mol. The van der Waals surface area contributed by atoms with E-state index in [1.54, 1.807) is 0 Å². The smallest absolute Gasteiger partial charge is 0.0635 e. The molecule has 1 heterocycles. The van der Waals surface area contributed by atoms with Crippen LogP contribution in [-0.2, 0) is 6.54 Å². The van der Waals surface area contributed by atoms with Crippen molar-refractivity contribution in [3.63, 3.8) is 0 Å². The molecular weight excluding hydrogens is 266 g/mol. The van der Waals surface area contributed by atoms with Gasteiger partial charge < -0.3 is 5.32 Å². The van der Waals surface area contributed by atoms with Crippen LogP contribution in [0.15, 0.2) is 10.7 Å². The first kappa shape index (κ1) is 12.1. The van der Waals surface area contributed by atoms with Crippen molar-refractivity contribution in [3.05, 3.63) is 16.4 Å². The molecular formula is C12H20BrN3. The van der Waals surface area contributed by atoms with Gasteiger partial charge in [-0.1, -0.05) is 13.3 Å². The normalized spacial score (nSPS) is 25.2. The minimum absolute atomic E-state index is 0.614. The van der Waals surface area contributed by atoms with E-state index < -0.39 is 0 Å². The maximum Gasteiger partial charge on any atom is 0.0635 e. The number of hydrogen-bond donors (Lipinski definition) is 1. The fourth-order valence-electron chi connectivity index (χ4n) is 2.76. The quantitative estimate of drug-likeness (QED) is 0.922. The number of aromatic nitrogens is 2. The van der Waals surface area contributed by atoms with Crippen molar-refractivity contribution in [2.24, 2.45) is 0 Å². The van der Waals surface area contributed by atoms with E-state index in [1.165, 1.54) is 29.4 Å². The summed E-state index contributed by atoms with van der Waals surface area (Å²) in [5, 5.41) is 7.90. The highest BCUT2D eigenvalue weighted by Crippen LogP contribution is 2.37. The Morgan fingerprint density at radius 2 is 2.38 bits per heavy atom. The van der Waals surface area contributed by atoms with Crippen molar-refractivity contribution < 1.29 is 0 Å². The predicted octanol–water partition coefficient (Wildman–Crippen LogP) is 2.91. The third-order valence-electron chi connectivity index (χ3n) is 3.51. The Labute approximate surface area is 106 Å². The largest absolute Gasteiger partial charge is 0.316 e. The van der Waals surface area contributed by atoms with E-state index in [2.05, 4.69) is 45.0 Å². The molecule has 0 spiro atoms. The van der Waals surface area contributed by atoms with Gasteiger partial charge in [0.2, 0.25) is 0 Å². The lowest BCUT2D eigenvalue weighted by atomic mass is 9.99. The molecule has 1 N–H and O–H groups in total. The van der Waals surface area contributed by atoms with Gasteiger partial charge in [0, 0.05) is 18.5 Å². The summed E-state index contributed by atoms with van der Waals surface area (Å²) in [4.78, 5) is 0. The molecule has 0 aliphatic heterocycles. The lowest BCUT2D eigenvalue weighted by Crippen LogP contribution is -2.29. The molecule has 0 bridgehead atoms. The number of likely N-dealkylation sites (N-methyl/N-ethyl adjacent to an activating group) is 1. The van der Waals surface area contributed by atoms with Gasteiger partial charge in [-0.2, -0.15) is 5.10 Å².